The molecule has 0 unspecified atom stereocenters. The summed E-state index contributed by atoms with van der Waals surface area (Å²) >= 11 is 6.59. The van der Waals surface area contributed by atoms with Crippen molar-refractivity contribution in [2.75, 3.05) is 26.5 Å². The predicted molar refractivity (Wildman–Crippen MR) is 108 cm³/mol. The number of aromatic nitrogens is 1. The molecule has 5 heteroatoms. The summed E-state index contributed by atoms with van der Waals surface area (Å²) in [4.78, 5) is 17.3. The van der Waals surface area contributed by atoms with E-state index in [1.165, 1.54) is 18.4 Å². The molecule has 1 amide bonds. The largest absolute Gasteiger partial charge is 0.388 e. The van der Waals surface area contributed by atoms with Crippen molar-refractivity contribution >= 4 is 34.1 Å². The maximum atomic E-state index is 12.4. The molecule has 2 N–H and O–H groups in total. The van der Waals surface area contributed by atoms with E-state index < -0.39 is 0 Å². The van der Waals surface area contributed by atoms with E-state index in [-0.39, 0.29) is 5.91 Å². The zero-order chi connectivity index (χ0) is 18.4. The monoisotopic (exact) mass is 367 g/mol. The number of nitrogens with one attached hydrogen (secondary N) is 2. The topological polar surface area (TPSA) is 48.1 Å². The molecule has 134 valence electrons. The molecule has 0 atom stereocenters. The van der Waals surface area contributed by atoms with E-state index in [1.54, 1.807) is 19.0 Å². The van der Waals surface area contributed by atoms with E-state index in [0.717, 1.165) is 27.7 Å². The molecule has 1 aliphatic carbocycles. The smallest absolute Gasteiger partial charge is 0.269 e. The molecule has 0 radical (unpaired) electrons. The number of hydrogen-bond donors (Lipinski definition) is 2. The van der Waals surface area contributed by atoms with Gasteiger partial charge in [0.15, 0.2) is 0 Å². The maximum Gasteiger partial charge on any atom is 0.269 e. The summed E-state index contributed by atoms with van der Waals surface area (Å²) in [6.45, 7) is 0. The van der Waals surface area contributed by atoms with Gasteiger partial charge in [-0.2, -0.15) is 0 Å². The molecule has 1 heterocycles. The first kappa shape index (κ1) is 17.0. The van der Waals surface area contributed by atoms with Gasteiger partial charge in [0.25, 0.3) is 5.91 Å². The molecule has 4 nitrogen and oxygen atoms in total. The summed E-state index contributed by atoms with van der Waals surface area (Å²) in [6.07, 6.45) is 2.45. The van der Waals surface area contributed by atoms with Gasteiger partial charge in [0.05, 0.1) is 5.02 Å². The number of amides is 1. The Hall–Kier alpha value is -2.46. The van der Waals surface area contributed by atoms with Gasteiger partial charge in [0.1, 0.15) is 5.69 Å². The number of fused-ring (bicyclic) bond motifs is 1. The van der Waals surface area contributed by atoms with Crippen LogP contribution in [0.5, 0.6) is 0 Å². The summed E-state index contributed by atoms with van der Waals surface area (Å²) in [7, 11) is 5.40. The van der Waals surface area contributed by atoms with Crippen LogP contribution in [-0.4, -0.2) is 36.9 Å². The number of H-pyrrole nitrogens is 1. The van der Waals surface area contributed by atoms with Crippen LogP contribution in [-0.2, 0) is 0 Å². The lowest BCUT2D eigenvalue weighted by Crippen LogP contribution is -2.21. The minimum atomic E-state index is -0.0308. The Morgan fingerprint density at radius 3 is 2.54 bits per heavy atom. The number of benzene rings is 2. The Balaban J connectivity index is 1.93. The standard InChI is InChI=1S/C21H22ClN3O/c1-23-14-6-7-15(18(22)10-14)16-8-13(12-4-5-12)9-19-17(16)11-20(24-19)21(26)25(2)3/h6-12,23-24H,4-5H2,1-3H3. The Morgan fingerprint density at radius 1 is 1.15 bits per heavy atom. The summed E-state index contributed by atoms with van der Waals surface area (Å²) in [6, 6.07) is 12.4. The van der Waals surface area contributed by atoms with Crippen LogP contribution in [0.15, 0.2) is 36.4 Å². The van der Waals surface area contributed by atoms with E-state index in [9.17, 15) is 4.79 Å². The van der Waals surface area contributed by atoms with Crippen molar-refractivity contribution in [1.82, 2.24) is 9.88 Å². The molecule has 1 saturated carbocycles. The minimum absolute atomic E-state index is 0.0308. The maximum absolute atomic E-state index is 12.4. The van der Waals surface area contributed by atoms with E-state index in [0.29, 0.717) is 16.6 Å². The van der Waals surface area contributed by atoms with Crippen molar-refractivity contribution in [3.8, 4) is 11.1 Å². The van der Waals surface area contributed by atoms with Crippen LogP contribution in [0.2, 0.25) is 5.02 Å². The molecular weight excluding hydrogens is 346 g/mol. The number of rotatable bonds is 4. The fourth-order valence-electron chi connectivity index (χ4n) is 3.38. The molecule has 3 aromatic rings. The Bertz CT molecular complexity index is 1000. The van der Waals surface area contributed by atoms with Crippen LogP contribution >= 0.6 is 11.6 Å². The van der Waals surface area contributed by atoms with Gasteiger partial charge < -0.3 is 15.2 Å². The van der Waals surface area contributed by atoms with Crippen molar-refractivity contribution < 1.29 is 4.79 Å². The van der Waals surface area contributed by atoms with E-state index in [2.05, 4.69) is 22.4 Å². The summed E-state index contributed by atoms with van der Waals surface area (Å²) in [5.74, 6) is 0.585. The Kier molecular flexibility index (Phi) is 4.16. The van der Waals surface area contributed by atoms with E-state index in [4.69, 9.17) is 11.6 Å². The molecule has 0 aliphatic heterocycles. The third kappa shape index (κ3) is 2.95. The van der Waals surface area contributed by atoms with Gasteiger partial charge in [-0.3, -0.25) is 4.79 Å². The molecule has 0 bridgehead atoms. The third-order valence-electron chi connectivity index (χ3n) is 4.99. The van der Waals surface area contributed by atoms with Gasteiger partial charge in [-0.25, -0.2) is 0 Å². The normalized spacial score (nSPS) is 13.8. The van der Waals surface area contributed by atoms with Crippen molar-refractivity contribution in [2.45, 2.75) is 18.8 Å². The quantitative estimate of drug-likeness (QED) is 0.673. The van der Waals surface area contributed by atoms with Gasteiger partial charge >= 0.3 is 0 Å². The van der Waals surface area contributed by atoms with Crippen LogP contribution in [0.25, 0.3) is 22.0 Å². The lowest BCUT2D eigenvalue weighted by atomic mass is 9.97. The van der Waals surface area contributed by atoms with Crippen LogP contribution in [0.3, 0.4) is 0 Å². The highest BCUT2D eigenvalue weighted by molar-refractivity contribution is 6.34. The fourth-order valence-corrected chi connectivity index (χ4v) is 3.66. The highest BCUT2D eigenvalue weighted by Crippen LogP contribution is 2.44. The summed E-state index contributed by atoms with van der Waals surface area (Å²) in [5.41, 5.74) is 5.94. The van der Waals surface area contributed by atoms with Gasteiger partial charge in [-0.15, -0.1) is 0 Å². The fraction of sp³-hybridized carbons (Fsp3) is 0.286. The first-order valence-electron chi connectivity index (χ1n) is 8.84. The molecule has 4 rings (SSSR count). The second-order valence-corrected chi connectivity index (χ2v) is 7.54. The second kappa shape index (κ2) is 6.36. The van der Waals surface area contributed by atoms with Crippen LogP contribution in [0.4, 0.5) is 5.69 Å². The molecule has 0 spiro atoms. The highest BCUT2D eigenvalue weighted by atomic mass is 35.5. The van der Waals surface area contributed by atoms with Gasteiger partial charge in [-0.1, -0.05) is 23.7 Å². The average molecular weight is 368 g/mol. The molecule has 26 heavy (non-hydrogen) atoms. The number of nitrogens with zero attached hydrogens (tertiary/aromatic N) is 1. The van der Waals surface area contributed by atoms with Crippen LogP contribution in [0, 0.1) is 0 Å². The van der Waals surface area contributed by atoms with Gasteiger partial charge in [0.2, 0.25) is 0 Å². The molecular formula is C21H22ClN3O. The van der Waals surface area contributed by atoms with Crippen molar-refractivity contribution in [3.05, 3.63) is 52.7 Å². The number of anilines is 1. The molecule has 1 fully saturated rings. The number of carbonyl (C=O) groups is 1. The first-order valence-corrected chi connectivity index (χ1v) is 9.21. The number of halogens is 1. The van der Waals surface area contributed by atoms with Gasteiger partial charge in [-0.05, 0) is 54.2 Å². The molecule has 0 saturated heterocycles. The average Bonchev–Trinajstić information content (AvgIpc) is 3.39. The zero-order valence-corrected chi connectivity index (χ0v) is 15.9. The lowest BCUT2D eigenvalue weighted by molar-refractivity contribution is 0.0823. The zero-order valence-electron chi connectivity index (χ0n) is 15.2. The molecule has 2 aromatic carbocycles. The first-order chi connectivity index (χ1) is 12.5. The Morgan fingerprint density at radius 2 is 1.92 bits per heavy atom. The Labute approximate surface area is 158 Å². The number of hydrogen-bond acceptors (Lipinski definition) is 2. The molecule has 1 aliphatic rings. The van der Waals surface area contributed by atoms with Crippen LogP contribution in [0.1, 0.15) is 34.8 Å². The lowest BCUT2D eigenvalue weighted by Gasteiger charge is -2.11. The van der Waals surface area contributed by atoms with Crippen molar-refractivity contribution in [1.29, 1.82) is 0 Å². The minimum Gasteiger partial charge on any atom is -0.388 e. The van der Waals surface area contributed by atoms with Crippen molar-refractivity contribution in [3.63, 3.8) is 0 Å². The van der Waals surface area contributed by atoms with Crippen molar-refractivity contribution in [2.24, 2.45) is 0 Å². The van der Waals surface area contributed by atoms with Crippen LogP contribution < -0.4 is 5.32 Å². The number of aromatic amines is 1. The highest BCUT2D eigenvalue weighted by Gasteiger charge is 2.26. The summed E-state index contributed by atoms with van der Waals surface area (Å²) in [5, 5.41) is 4.84. The predicted octanol–water partition coefficient (Wildman–Crippen LogP) is 5.11. The van der Waals surface area contributed by atoms with E-state index in [1.807, 2.05) is 31.3 Å². The third-order valence-corrected chi connectivity index (χ3v) is 5.31. The number of carbonyl (C=O) groups excluding carboxylic acids is 1. The van der Waals surface area contributed by atoms with Gasteiger partial charge in [0, 0.05) is 43.3 Å². The van der Waals surface area contributed by atoms with E-state index >= 15 is 0 Å². The SMILES string of the molecule is CNc1ccc(-c2cc(C3CC3)cc3[nH]c(C(=O)N(C)C)cc23)c(Cl)c1. The summed E-state index contributed by atoms with van der Waals surface area (Å²) < 4.78 is 0. The second-order valence-electron chi connectivity index (χ2n) is 7.13. The molecule has 1 aromatic heterocycles.